The number of aryl methyl sites for hydroxylation is 2. The number of hydrogen-bond acceptors (Lipinski definition) is 6. The van der Waals surface area contributed by atoms with E-state index in [1.807, 2.05) is 0 Å². The van der Waals surface area contributed by atoms with Crippen LogP contribution < -0.4 is 0 Å². The van der Waals surface area contributed by atoms with Gasteiger partial charge in [-0.1, -0.05) is 0 Å². The second kappa shape index (κ2) is 3.07. The molecule has 17 heavy (non-hydrogen) atoms. The average Bonchev–Trinajstić information content (AvgIpc) is 2.78. The van der Waals surface area contributed by atoms with Crippen LogP contribution in [0.5, 0.6) is 0 Å². The number of carbonyl (C=O) groups is 2. The van der Waals surface area contributed by atoms with Crippen LogP contribution in [0, 0.1) is 13.8 Å². The van der Waals surface area contributed by atoms with Crippen molar-refractivity contribution < 1.29 is 14.2 Å². The molecule has 0 radical (unpaired) electrons. The molecule has 0 unspecified atom stereocenters. The van der Waals surface area contributed by atoms with Gasteiger partial charge in [0.05, 0.1) is 5.56 Å². The lowest BCUT2D eigenvalue weighted by atomic mass is 9.87. The normalized spacial score (nSPS) is 13.5. The monoisotopic (exact) mass is 229 g/mol. The first-order valence-electron chi connectivity index (χ1n) is 4.99. The minimum atomic E-state index is -0.357. The molecule has 0 aliphatic heterocycles. The first-order chi connectivity index (χ1) is 8.11. The molecule has 1 aliphatic rings. The van der Waals surface area contributed by atoms with Gasteiger partial charge in [-0.3, -0.25) is 14.6 Å². The maximum atomic E-state index is 12.1. The fourth-order valence-corrected chi connectivity index (χ4v) is 1.99. The summed E-state index contributed by atoms with van der Waals surface area (Å²) >= 11 is 0. The topological polar surface area (TPSA) is 85.9 Å². The van der Waals surface area contributed by atoms with Crippen molar-refractivity contribution in [3.05, 3.63) is 40.0 Å². The lowest BCUT2D eigenvalue weighted by molar-refractivity contribution is 0.0972. The van der Waals surface area contributed by atoms with Crippen LogP contribution in [0.15, 0.2) is 10.8 Å². The standard InChI is InChI=1S/C11H7N3O3/c1-4-3-12-5(2)7-6(4)10(15)8-9(11(7)16)14-17-13-8/h3H,1-2H3. The second-order valence-corrected chi connectivity index (χ2v) is 3.90. The predicted octanol–water partition coefficient (Wildman–Crippen LogP) is 0.857. The molecule has 6 heteroatoms. The van der Waals surface area contributed by atoms with Crippen LogP contribution in [-0.4, -0.2) is 26.9 Å². The van der Waals surface area contributed by atoms with Gasteiger partial charge < -0.3 is 0 Å². The molecule has 0 bridgehead atoms. The molecule has 0 fully saturated rings. The van der Waals surface area contributed by atoms with Crippen molar-refractivity contribution in [1.82, 2.24) is 15.3 Å². The van der Waals surface area contributed by atoms with Crippen molar-refractivity contribution in [2.24, 2.45) is 0 Å². The Labute approximate surface area is 95.6 Å². The summed E-state index contributed by atoms with van der Waals surface area (Å²) in [6.07, 6.45) is 1.57. The van der Waals surface area contributed by atoms with Gasteiger partial charge in [-0.25, -0.2) is 4.63 Å². The van der Waals surface area contributed by atoms with Crippen LogP contribution in [-0.2, 0) is 0 Å². The van der Waals surface area contributed by atoms with Crippen molar-refractivity contribution in [1.29, 1.82) is 0 Å². The first-order valence-corrected chi connectivity index (χ1v) is 4.99. The number of pyridine rings is 1. The number of fused-ring (bicyclic) bond motifs is 2. The maximum absolute atomic E-state index is 12.1. The third-order valence-electron chi connectivity index (χ3n) is 2.83. The van der Waals surface area contributed by atoms with Crippen LogP contribution in [0.2, 0.25) is 0 Å². The van der Waals surface area contributed by atoms with E-state index in [4.69, 9.17) is 0 Å². The van der Waals surface area contributed by atoms with Crippen LogP contribution in [0.4, 0.5) is 0 Å². The van der Waals surface area contributed by atoms with E-state index in [-0.39, 0.29) is 23.0 Å². The van der Waals surface area contributed by atoms with Crippen molar-refractivity contribution in [2.45, 2.75) is 13.8 Å². The molecule has 0 spiro atoms. The minimum Gasteiger partial charge on any atom is -0.287 e. The van der Waals surface area contributed by atoms with E-state index in [1.165, 1.54) is 0 Å². The molecule has 0 atom stereocenters. The van der Waals surface area contributed by atoms with E-state index in [0.717, 1.165) is 0 Å². The molecule has 0 saturated carbocycles. The summed E-state index contributed by atoms with van der Waals surface area (Å²) in [5.74, 6) is -0.691. The Morgan fingerprint density at radius 3 is 2.24 bits per heavy atom. The SMILES string of the molecule is Cc1cnc(C)c2c1C(=O)c1nonc1C2=O. The molecule has 3 rings (SSSR count). The smallest absolute Gasteiger partial charge is 0.219 e. The number of nitrogens with zero attached hydrogens (tertiary/aromatic N) is 3. The van der Waals surface area contributed by atoms with Gasteiger partial charge in [0.15, 0.2) is 11.4 Å². The Morgan fingerprint density at radius 1 is 1.00 bits per heavy atom. The molecule has 1 aliphatic carbocycles. The minimum absolute atomic E-state index is 0.0174. The number of carbonyl (C=O) groups excluding carboxylic acids is 2. The van der Waals surface area contributed by atoms with E-state index < -0.39 is 0 Å². The Bertz CT molecular complexity index is 617. The third-order valence-corrected chi connectivity index (χ3v) is 2.83. The molecule has 0 aromatic carbocycles. The highest BCUT2D eigenvalue weighted by Gasteiger charge is 2.37. The van der Waals surface area contributed by atoms with E-state index in [1.54, 1.807) is 20.0 Å². The zero-order valence-electron chi connectivity index (χ0n) is 9.14. The first kappa shape index (κ1) is 9.83. The number of rotatable bonds is 0. The van der Waals surface area contributed by atoms with Crippen LogP contribution in [0.3, 0.4) is 0 Å². The third kappa shape index (κ3) is 1.12. The highest BCUT2D eigenvalue weighted by molar-refractivity contribution is 6.27. The molecular weight excluding hydrogens is 222 g/mol. The summed E-state index contributed by atoms with van der Waals surface area (Å²) in [5, 5.41) is 6.95. The molecule has 0 amide bonds. The van der Waals surface area contributed by atoms with Gasteiger partial charge in [-0.05, 0) is 29.7 Å². The predicted molar refractivity (Wildman–Crippen MR) is 54.9 cm³/mol. The average molecular weight is 229 g/mol. The van der Waals surface area contributed by atoms with Crippen LogP contribution >= 0.6 is 0 Å². The fourth-order valence-electron chi connectivity index (χ4n) is 1.99. The highest BCUT2D eigenvalue weighted by Crippen LogP contribution is 2.28. The van der Waals surface area contributed by atoms with E-state index >= 15 is 0 Å². The lowest BCUT2D eigenvalue weighted by Gasteiger charge is -2.14. The van der Waals surface area contributed by atoms with Crippen molar-refractivity contribution >= 4 is 11.6 Å². The van der Waals surface area contributed by atoms with Crippen LogP contribution in [0.1, 0.15) is 43.4 Å². The summed E-state index contributed by atoms with van der Waals surface area (Å²) in [6, 6.07) is 0. The number of hydrogen-bond donors (Lipinski definition) is 0. The van der Waals surface area contributed by atoms with E-state index in [2.05, 4.69) is 19.9 Å². The van der Waals surface area contributed by atoms with Gasteiger partial charge in [-0.2, -0.15) is 0 Å². The molecule has 84 valence electrons. The molecule has 6 nitrogen and oxygen atoms in total. The summed E-state index contributed by atoms with van der Waals surface area (Å²) in [5.41, 5.74) is 1.77. The zero-order chi connectivity index (χ0) is 12.2. The van der Waals surface area contributed by atoms with E-state index in [9.17, 15) is 9.59 Å². The van der Waals surface area contributed by atoms with Gasteiger partial charge >= 0.3 is 0 Å². The highest BCUT2D eigenvalue weighted by atomic mass is 16.6. The lowest BCUT2D eigenvalue weighted by Crippen LogP contribution is -2.23. The number of ketones is 2. The summed E-state index contributed by atoms with van der Waals surface area (Å²) < 4.78 is 4.46. The summed E-state index contributed by atoms with van der Waals surface area (Å²) in [7, 11) is 0. The Balaban J connectivity index is 2.42. The fraction of sp³-hybridized carbons (Fsp3) is 0.182. The van der Waals surface area contributed by atoms with Gasteiger partial charge in [0, 0.05) is 17.5 Å². The van der Waals surface area contributed by atoms with Crippen LogP contribution in [0.25, 0.3) is 0 Å². The van der Waals surface area contributed by atoms with Crippen molar-refractivity contribution in [3.63, 3.8) is 0 Å². The maximum Gasteiger partial charge on any atom is 0.219 e. The molecular formula is C11H7N3O3. The largest absolute Gasteiger partial charge is 0.287 e. The van der Waals surface area contributed by atoms with Crippen molar-refractivity contribution in [3.8, 4) is 0 Å². The summed E-state index contributed by atoms with van der Waals surface area (Å²) in [6.45, 7) is 3.41. The molecule has 0 saturated heterocycles. The zero-order valence-corrected chi connectivity index (χ0v) is 9.14. The molecule has 2 aromatic heterocycles. The molecule has 0 N–H and O–H groups in total. The second-order valence-electron chi connectivity index (χ2n) is 3.90. The van der Waals surface area contributed by atoms with Gasteiger partial charge in [0.2, 0.25) is 11.6 Å². The van der Waals surface area contributed by atoms with Gasteiger partial charge in [0.25, 0.3) is 0 Å². The van der Waals surface area contributed by atoms with E-state index in [0.29, 0.717) is 22.4 Å². The summed E-state index contributed by atoms with van der Waals surface area (Å²) in [4.78, 5) is 28.4. The Kier molecular flexibility index (Phi) is 1.77. The van der Waals surface area contributed by atoms with Gasteiger partial charge in [0.1, 0.15) is 0 Å². The molecule has 2 heterocycles. The quantitative estimate of drug-likeness (QED) is 0.568. The Morgan fingerprint density at radius 2 is 1.59 bits per heavy atom. The molecule has 2 aromatic rings. The van der Waals surface area contributed by atoms with Gasteiger partial charge in [-0.15, -0.1) is 0 Å². The Hall–Kier alpha value is -2.37. The number of aromatic nitrogens is 3. The van der Waals surface area contributed by atoms with Crippen molar-refractivity contribution in [2.75, 3.05) is 0 Å².